The van der Waals surface area contributed by atoms with Crippen molar-refractivity contribution >= 4 is 94.1 Å². The van der Waals surface area contributed by atoms with Crippen LogP contribution in [0.1, 0.15) is 28.7 Å². The fourth-order valence-corrected chi connectivity index (χ4v) is 9.60. The molecule has 0 bridgehead atoms. The van der Waals surface area contributed by atoms with Crippen LogP contribution in [-0.2, 0) is 6.42 Å². The van der Waals surface area contributed by atoms with Crippen LogP contribution in [0.5, 0.6) is 0 Å². The zero-order chi connectivity index (χ0) is 38.7. The fraction of sp³-hybridized carbons (Fsp3) is 0.0714. The summed E-state index contributed by atoms with van der Waals surface area (Å²) in [6.45, 7) is 4.61. The quantitative estimate of drug-likeness (QED) is 0.157. The van der Waals surface area contributed by atoms with Gasteiger partial charge in [-0.15, -0.1) is 0 Å². The lowest BCUT2D eigenvalue weighted by molar-refractivity contribution is 0.980. The summed E-state index contributed by atoms with van der Waals surface area (Å²) < 4.78 is 0. The normalized spacial score (nSPS) is 12.4. The molecule has 0 saturated carbocycles. The van der Waals surface area contributed by atoms with Crippen molar-refractivity contribution in [2.75, 3.05) is 9.80 Å². The third kappa shape index (κ3) is 5.48. The second-order valence-electron chi connectivity index (χ2n) is 15.7. The Morgan fingerprint density at radius 1 is 0.362 bits per heavy atom. The number of benzene rings is 10. The van der Waals surface area contributed by atoms with Crippen molar-refractivity contribution in [2.24, 2.45) is 0 Å². The van der Waals surface area contributed by atoms with E-state index in [1.807, 2.05) is 0 Å². The molecule has 0 atom stereocenters. The molecule has 0 heterocycles. The Labute approximate surface area is 339 Å². The van der Waals surface area contributed by atoms with Crippen LogP contribution in [0.25, 0.3) is 59.9 Å². The molecule has 1 aliphatic carbocycles. The van der Waals surface area contributed by atoms with Crippen LogP contribution in [-0.4, -0.2) is 0 Å². The minimum atomic E-state index is 1.02. The van der Waals surface area contributed by atoms with Crippen molar-refractivity contribution in [3.63, 3.8) is 0 Å². The Bertz CT molecular complexity index is 3190. The molecule has 0 amide bonds. The molecular formula is C56H42N2. The number of fused-ring (bicyclic) bond motifs is 6. The first kappa shape index (κ1) is 34.1. The van der Waals surface area contributed by atoms with Gasteiger partial charge in [-0.25, -0.2) is 0 Å². The maximum absolute atomic E-state index is 2.51. The van der Waals surface area contributed by atoms with Gasteiger partial charge in [0, 0.05) is 33.2 Å². The number of rotatable bonds is 6. The predicted molar refractivity (Wildman–Crippen MR) is 250 cm³/mol. The van der Waals surface area contributed by atoms with E-state index in [1.54, 1.807) is 0 Å². The molecule has 2 nitrogen and oxygen atoms in total. The van der Waals surface area contributed by atoms with Gasteiger partial charge in [0.25, 0.3) is 0 Å². The molecule has 0 radical (unpaired) electrons. The Kier molecular flexibility index (Phi) is 8.11. The fourth-order valence-electron chi connectivity index (χ4n) is 9.60. The van der Waals surface area contributed by atoms with E-state index in [0.29, 0.717) is 0 Å². The first-order valence-corrected chi connectivity index (χ1v) is 20.4. The summed E-state index contributed by atoms with van der Waals surface area (Å²) in [7, 11) is 0. The highest BCUT2D eigenvalue weighted by atomic mass is 15.2. The molecule has 0 fully saturated rings. The minimum Gasteiger partial charge on any atom is -0.310 e. The lowest BCUT2D eigenvalue weighted by Crippen LogP contribution is -2.14. The van der Waals surface area contributed by atoms with Gasteiger partial charge in [-0.3, -0.25) is 0 Å². The number of nitrogens with zero attached hydrogens (tertiary/aromatic N) is 2. The van der Waals surface area contributed by atoms with Gasteiger partial charge < -0.3 is 9.80 Å². The summed E-state index contributed by atoms with van der Waals surface area (Å²) in [5.41, 5.74) is 12.4. The molecule has 2 heteroatoms. The summed E-state index contributed by atoms with van der Waals surface area (Å²) in [6, 6.07) is 67.2. The summed E-state index contributed by atoms with van der Waals surface area (Å²) in [5.74, 6) is 0. The third-order valence-electron chi connectivity index (χ3n) is 12.4. The van der Waals surface area contributed by atoms with E-state index in [2.05, 4.69) is 218 Å². The molecule has 0 N–H and O–H groups in total. The van der Waals surface area contributed by atoms with Crippen molar-refractivity contribution in [3.8, 4) is 0 Å². The SMILES string of the molecule is Cc1c2ccc(N(c3cccc4ccccc34)c3cccc4ccccc34)cc2c(C)c2ccc(N(c3cccc4c3CCC=C4)c3cccc4ccccc34)cc12. The third-order valence-corrected chi connectivity index (χ3v) is 12.4. The van der Waals surface area contributed by atoms with E-state index in [0.717, 1.165) is 18.5 Å². The molecule has 10 aromatic carbocycles. The Morgan fingerprint density at radius 3 is 1.28 bits per heavy atom. The maximum Gasteiger partial charge on any atom is 0.0540 e. The second kappa shape index (κ2) is 13.8. The van der Waals surface area contributed by atoms with Crippen molar-refractivity contribution in [1.82, 2.24) is 0 Å². The minimum absolute atomic E-state index is 1.02. The Balaban J connectivity index is 1.12. The van der Waals surface area contributed by atoms with Crippen molar-refractivity contribution in [2.45, 2.75) is 26.7 Å². The van der Waals surface area contributed by atoms with Crippen LogP contribution in [0, 0.1) is 13.8 Å². The van der Waals surface area contributed by atoms with E-state index >= 15 is 0 Å². The summed E-state index contributed by atoms with van der Waals surface area (Å²) >= 11 is 0. The van der Waals surface area contributed by atoms with Crippen molar-refractivity contribution in [3.05, 3.63) is 210 Å². The van der Waals surface area contributed by atoms with E-state index < -0.39 is 0 Å². The topological polar surface area (TPSA) is 6.48 Å². The van der Waals surface area contributed by atoms with Gasteiger partial charge in [-0.2, -0.15) is 0 Å². The van der Waals surface area contributed by atoms with Gasteiger partial charge in [-0.05, 0) is 135 Å². The number of hydrogen-bond acceptors (Lipinski definition) is 2. The van der Waals surface area contributed by atoms with Crippen LogP contribution >= 0.6 is 0 Å². The van der Waals surface area contributed by atoms with E-state index in [-0.39, 0.29) is 0 Å². The van der Waals surface area contributed by atoms with Gasteiger partial charge in [0.15, 0.2) is 0 Å². The molecule has 0 unspecified atom stereocenters. The van der Waals surface area contributed by atoms with Gasteiger partial charge in [0.05, 0.1) is 17.1 Å². The zero-order valence-corrected chi connectivity index (χ0v) is 32.8. The van der Waals surface area contributed by atoms with Gasteiger partial charge in [0.1, 0.15) is 0 Å². The second-order valence-corrected chi connectivity index (χ2v) is 15.7. The number of anilines is 6. The monoisotopic (exact) mass is 742 g/mol. The van der Waals surface area contributed by atoms with E-state index in [4.69, 9.17) is 0 Å². The molecule has 0 aromatic heterocycles. The molecule has 10 aromatic rings. The molecule has 58 heavy (non-hydrogen) atoms. The number of hydrogen-bond donors (Lipinski definition) is 0. The van der Waals surface area contributed by atoms with E-state index in [1.165, 1.54) is 105 Å². The van der Waals surface area contributed by atoms with E-state index in [9.17, 15) is 0 Å². The van der Waals surface area contributed by atoms with Crippen LogP contribution in [0.3, 0.4) is 0 Å². The maximum atomic E-state index is 2.51. The van der Waals surface area contributed by atoms with Gasteiger partial charge in [-0.1, -0.05) is 146 Å². The lowest BCUT2D eigenvalue weighted by atomic mass is 9.91. The highest BCUT2D eigenvalue weighted by Gasteiger charge is 2.23. The molecule has 0 saturated heterocycles. The van der Waals surface area contributed by atoms with Gasteiger partial charge in [0.2, 0.25) is 0 Å². The van der Waals surface area contributed by atoms with Crippen LogP contribution in [0.2, 0.25) is 0 Å². The Morgan fingerprint density at radius 2 is 0.776 bits per heavy atom. The summed E-state index contributed by atoms with van der Waals surface area (Å²) in [6.07, 6.45) is 6.67. The van der Waals surface area contributed by atoms with Crippen LogP contribution in [0.4, 0.5) is 34.1 Å². The number of aryl methyl sites for hydroxylation is 2. The first-order chi connectivity index (χ1) is 28.6. The largest absolute Gasteiger partial charge is 0.310 e. The lowest BCUT2D eigenvalue weighted by Gasteiger charge is -2.31. The number of allylic oxidation sites excluding steroid dienone is 1. The smallest absolute Gasteiger partial charge is 0.0540 e. The van der Waals surface area contributed by atoms with Crippen molar-refractivity contribution in [1.29, 1.82) is 0 Å². The molecule has 1 aliphatic rings. The Hall–Kier alpha value is -7.16. The zero-order valence-electron chi connectivity index (χ0n) is 32.8. The summed E-state index contributed by atoms with van der Waals surface area (Å²) in [4.78, 5) is 4.97. The summed E-state index contributed by atoms with van der Waals surface area (Å²) in [5, 5.41) is 12.5. The van der Waals surface area contributed by atoms with Crippen LogP contribution in [0.15, 0.2) is 188 Å². The molecule has 0 spiro atoms. The van der Waals surface area contributed by atoms with Crippen LogP contribution < -0.4 is 9.80 Å². The standard InChI is InChI=1S/C56H42N2/c1-37-45-33-31-44(58(55-29-13-21-41-17-5-9-25-49(41)55)56-30-14-22-42-18-6-10-26-50(42)56)36-52(45)38(2)46-34-32-43(35-51(37)46)57(53-27-11-19-39-15-3-7-23-47(39)53)54-28-12-20-40-16-4-8-24-48(40)54/h3-9,11-25,27-36H,10,26H2,1-2H3. The molecule has 276 valence electrons. The highest BCUT2D eigenvalue weighted by Crippen LogP contribution is 2.47. The van der Waals surface area contributed by atoms with Crippen molar-refractivity contribution < 1.29 is 0 Å². The average molecular weight is 743 g/mol. The average Bonchev–Trinajstić information content (AvgIpc) is 3.28. The molecule has 11 rings (SSSR count). The van der Waals surface area contributed by atoms with Gasteiger partial charge >= 0.3 is 0 Å². The molecular weight excluding hydrogens is 701 g/mol. The highest BCUT2D eigenvalue weighted by molar-refractivity contribution is 6.10. The first-order valence-electron chi connectivity index (χ1n) is 20.4. The predicted octanol–water partition coefficient (Wildman–Crippen LogP) is 16.0. The molecule has 0 aliphatic heterocycles.